The van der Waals surface area contributed by atoms with Crippen molar-refractivity contribution in [3.63, 3.8) is 0 Å². The molecule has 0 aliphatic rings. The van der Waals surface area contributed by atoms with E-state index in [1.165, 1.54) is 11.2 Å². The van der Waals surface area contributed by atoms with Crippen LogP contribution in [0, 0.1) is 0 Å². The first-order chi connectivity index (χ1) is 11.1. The van der Waals surface area contributed by atoms with Crippen molar-refractivity contribution >= 4 is 44.1 Å². The van der Waals surface area contributed by atoms with E-state index < -0.39 is 0 Å². The Morgan fingerprint density at radius 1 is 1.26 bits per heavy atom. The molecule has 3 aromatic rings. The predicted octanol–water partition coefficient (Wildman–Crippen LogP) is 3.31. The Labute approximate surface area is 145 Å². The maximum absolute atomic E-state index is 12.3. The Bertz CT molecular complexity index is 903. The van der Waals surface area contributed by atoms with Gasteiger partial charge in [0, 0.05) is 11.3 Å². The molecule has 0 atom stereocenters. The van der Waals surface area contributed by atoms with Crippen LogP contribution in [0.15, 0.2) is 51.3 Å². The van der Waals surface area contributed by atoms with Crippen LogP contribution in [-0.4, -0.2) is 15.6 Å². The summed E-state index contributed by atoms with van der Waals surface area (Å²) in [5.41, 5.74) is 2.94. The molecule has 7 heteroatoms. The minimum Gasteiger partial charge on any atom is -0.273 e. The summed E-state index contributed by atoms with van der Waals surface area (Å²) in [4.78, 5) is 29.7. The summed E-state index contributed by atoms with van der Waals surface area (Å²) in [5, 5.41) is 0.485. The van der Waals surface area contributed by atoms with Gasteiger partial charge in [0.1, 0.15) is 6.33 Å². The fraction of sp³-hybridized carbons (Fsp3) is 0.188. The molecule has 1 amide bonds. The molecule has 118 valence electrons. The Balaban J connectivity index is 1.61. The van der Waals surface area contributed by atoms with Crippen LogP contribution in [-0.2, 0) is 11.2 Å². The summed E-state index contributed by atoms with van der Waals surface area (Å²) in [6.45, 7) is 0. The van der Waals surface area contributed by atoms with Crippen LogP contribution < -0.4 is 11.0 Å². The van der Waals surface area contributed by atoms with E-state index in [-0.39, 0.29) is 11.5 Å². The van der Waals surface area contributed by atoms with E-state index in [2.05, 4.69) is 26.3 Å². The first-order valence-corrected chi connectivity index (χ1v) is 8.75. The number of rotatable bonds is 5. The molecule has 3 rings (SSSR count). The number of hydrogen-bond acceptors (Lipinski definition) is 4. The minimum atomic E-state index is -0.272. The molecule has 0 fully saturated rings. The van der Waals surface area contributed by atoms with Gasteiger partial charge in [-0.15, -0.1) is 11.3 Å². The van der Waals surface area contributed by atoms with Gasteiger partial charge in [0.15, 0.2) is 0 Å². The van der Waals surface area contributed by atoms with Gasteiger partial charge in [-0.05, 0) is 53.0 Å². The lowest BCUT2D eigenvalue weighted by Crippen LogP contribution is -2.33. The van der Waals surface area contributed by atoms with Crippen LogP contribution in [0.3, 0.4) is 0 Å². The highest BCUT2D eigenvalue weighted by Gasteiger charge is 2.07. The standard InChI is InChI=1S/C16H14BrN3O2S/c17-14-9-8-11(23-14)4-3-7-15(21)19-20-10-18-13-6-2-1-5-12(13)16(20)22/h1-2,5-6,8-10H,3-4,7H2,(H,19,21). The van der Waals surface area contributed by atoms with Crippen LogP contribution in [0.25, 0.3) is 10.9 Å². The van der Waals surface area contributed by atoms with Gasteiger partial charge in [-0.1, -0.05) is 12.1 Å². The number of para-hydroxylation sites is 1. The van der Waals surface area contributed by atoms with Crippen LogP contribution in [0.1, 0.15) is 17.7 Å². The average molecular weight is 392 g/mol. The Hall–Kier alpha value is -1.99. The number of benzene rings is 1. The summed E-state index contributed by atoms with van der Waals surface area (Å²) < 4.78 is 2.23. The van der Waals surface area contributed by atoms with E-state index in [1.807, 2.05) is 18.2 Å². The highest BCUT2D eigenvalue weighted by atomic mass is 79.9. The van der Waals surface area contributed by atoms with Crippen LogP contribution in [0.5, 0.6) is 0 Å². The third-order valence-corrected chi connectivity index (χ3v) is 5.05. The zero-order valence-corrected chi connectivity index (χ0v) is 14.6. The monoisotopic (exact) mass is 391 g/mol. The van der Waals surface area contributed by atoms with Gasteiger partial charge in [-0.2, -0.15) is 0 Å². The van der Waals surface area contributed by atoms with Crippen molar-refractivity contribution in [3.05, 3.63) is 61.7 Å². The lowest BCUT2D eigenvalue weighted by Gasteiger charge is -2.08. The van der Waals surface area contributed by atoms with E-state index in [4.69, 9.17) is 0 Å². The SMILES string of the molecule is O=C(CCCc1ccc(Br)s1)Nn1cnc2ccccc2c1=O. The number of hydrogen-bond donors (Lipinski definition) is 1. The summed E-state index contributed by atoms with van der Waals surface area (Å²) >= 11 is 5.09. The molecule has 0 unspecified atom stereocenters. The summed E-state index contributed by atoms with van der Waals surface area (Å²) in [6.07, 6.45) is 3.27. The van der Waals surface area contributed by atoms with Crippen LogP contribution >= 0.6 is 27.3 Å². The summed E-state index contributed by atoms with van der Waals surface area (Å²) in [7, 11) is 0. The number of nitrogens with one attached hydrogen (secondary N) is 1. The van der Waals surface area contributed by atoms with E-state index in [0.29, 0.717) is 17.3 Å². The molecule has 0 radical (unpaired) electrons. The van der Waals surface area contributed by atoms with Gasteiger partial charge in [-0.25, -0.2) is 9.66 Å². The second kappa shape index (κ2) is 7.06. The molecule has 0 spiro atoms. The highest BCUT2D eigenvalue weighted by molar-refractivity contribution is 9.11. The lowest BCUT2D eigenvalue weighted by atomic mass is 10.2. The quantitative estimate of drug-likeness (QED) is 0.725. The van der Waals surface area contributed by atoms with E-state index in [9.17, 15) is 9.59 Å². The van der Waals surface area contributed by atoms with E-state index in [0.717, 1.165) is 21.3 Å². The average Bonchev–Trinajstić information content (AvgIpc) is 2.96. The first kappa shape index (κ1) is 15.9. The van der Waals surface area contributed by atoms with Crippen molar-refractivity contribution < 1.29 is 4.79 Å². The molecule has 0 bridgehead atoms. The van der Waals surface area contributed by atoms with Gasteiger partial charge in [0.2, 0.25) is 5.91 Å². The van der Waals surface area contributed by atoms with Crippen molar-refractivity contribution in [2.75, 3.05) is 5.43 Å². The Morgan fingerprint density at radius 2 is 2.09 bits per heavy atom. The molecule has 2 heterocycles. The number of halogens is 1. The molecule has 23 heavy (non-hydrogen) atoms. The lowest BCUT2D eigenvalue weighted by molar-refractivity contribution is -0.117. The van der Waals surface area contributed by atoms with Crippen molar-refractivity contribution in [3.8, 4) is 0 Å². The molecule has 0 aliphatic carbocycles. The number of nitrogens with zero attached hydrogens (tertiary/aromatic N) is 2. The van der Waals surface area contributed by atoms with Gasteiger partial charge in [-0.3, -0.25) is 15.0 Å². The number of aromatic nitrogens is 2. The maximum atomic E-state index is 12.3. The van der Waals surface area contributed by atoms with E-state index >= 15 is 0 Å². The molecule has 2 aromatic heterocycles. The predicted molar refractivity (Wildman–Crippen MR) is 95.3 cm³/mol. The number of fused-ring (bicyclic) bond motifs is 1. The number of aryl methyl sites for hydroxylation is 1. The maximum Gasteiger partial charge on any atom is 0.280 e. The van der Waals surface area contributed by atoms with Crippen molar-refractivity contribution in [2.24, 2.45) is 0 Å². The number of amides is 1. The first-order valence-electron chi connectivity index (χ1n) is 7.14. The normalized spacial score (nSPS) is 10.8. The third-order valence-electron chi connectivity index (χ3n) is 3.37. The Morgan fingerprint density at radius 3 is 2.87 bits per heavy atom. The summed E-state index contributed by atoms with van der Waals surface area (Å²) in [5.74, 6) is -0.195. The smallest absolute Gasteiger partial charge is 0.273 e. The van der Waals surface area contributed by atoms with Gasteiger partial charge in [0.05, 0.1) is 14.7 Å². The highest BCUT2D eigenvalue weighted by Crippen LogP contribution is 2.23. The zero-order valence-electron chi connectivity index (χ0n) is 12.2. The van der Waals surface area contributed by atoms with Crippen LogP contribution in [0.4, 0.5) is 0 Å². The molecule has 0 aliphatic heterocycles. The van der Waals surface area contributed by atoms with Gasteiger partial charge in [0.25, 0.3) is 5.56 Å². The molecule has 5 nitrogen and oxygen atoms in total. The third kappa shape index (κ3) is 3.86. The topological polar surface area (TPSA) is 64.0 Å². The number of carbonyl (C=O) groups excluding carboxylic acids is 1. The second-order valence-electron chi connectivity index (χ2n) is 5.03. The van der Waals surface area contributed by atoms with Gasteiger partial charge >= 0.3 is 0 Å². The molecule has 1 N–H and O–H groups in total. The van der Waals surface area contributed by atoms with Crippen molar-refractivity contribution in [2.45, 2.75) is 19.3 Å². The van der Waals surface area contributed by atoms with Crippen molar-refractivity contribution in [1.82, 2.24) is 9.66 Å². The molecule has 1 aromatic carbocycles. The number of thiophene rings is 1. The van der Waals surface area contributed by atoms with Crippen LogP contribution in [0.2, 0.25) is 0 Å². The molecular formula is C16H14BrN3O2S. The fourth-order valence-electron chi connectivity index (χ4n) is 2.25. The zero-order chi connectivity index (χ0) is 16.2. The molecular weight excluding hydrogens is 378 g/mol. The number of carbonyl (C=O) groups is 1. The fourth-order valence-corrected chi connectivity index (χ4v) is 3.77. The van der Waals surface area contributed by atoms with E-state index in [1.54, 1.807) is 29.5 Å². The van der Waals surface area contributed by atoms with Crippen molar-refractivity contribution in [1.29, 1.82) is 0 Å². The molecule has 0 saturated heterocycles. The molecule has 0 saturated carbocycles. The summed E-state index contributed by atoms with van der Waals surface area (Å²) in [6, 6.07) is 11.1. The Kier molecular flexibility index (Phi) is 4.88. The second-order valence-corrected chi connectivity index (χ2v) is 7.58. The largest absolute Gasteiger partial charge is 0.280 e. The van der Waals surface area contributed by atoms with Gasteiger partial charge < -0.3 is 0 Å². The minimum absolute atomic E-state index is 0.195.